The molecule has 2 aromatic rings. The van der Waals surface area contributed by atoms with Gasteiger partial charge in [0.15, 0.2) is 11.0 Å². The van der Waals surface area contributed by atoms with Crippen LogP contribution in [0.5, 0.6) is 0 Å². The molecule has 0 fully saturated rings. The van der Waals surface area contributed by atoms with Crippen molar-refractivity contribution in [3.63, 3.8) is 0 Å². The molecule has 78 valence electrons. The fourth-order valence-electron chi connectivity index (χ4n) is 1.02. The number of halogens is 3. The highest BCUT2D eigenvalue weighted by molar-refractivity contribution is 9.10. The lowest BCUT2D eigenvalue weighted by Gasteiger charge is -2.04. The topological polar surface area (TPSA) is 37.8 Å². The van der Waals surface area contributed by atoms with E-state index < -0.39 is 0 Å². The first kappa shape index (κ1) is 11.1. The zero-order valence-corrected chi connectivity index (χ0v) is 11.1. The number of anilines is 2. The van der Waals surface area contributed by atoms with Crippen molar-refractivity contribution in [1.82, 2.24) is 8.75 Å². The highest BCUT2D eigenvalue weighted by Gasteiger charge is 2.06. The van der Waals surface area contributed by atoms with Crippen molar-refractivity contribution in [3.05, 3.63) is 32.8 Å². The van der Waals surface area contributed by atoms with E-state index >= 15 is 0 Å². The van der Waals surface area contributed by atoms with E-state index in [1.807, 2.05) is 6.07 Å². The minimum Gasteiger partial charge on any atom is -0.337 e. The average molecular weight is 325 g/mol. The van der Waals surface area contributed by atoms with E-state index in [0.717, 1.165) is 21.9 Å². The number of nitrogens with one attached hydrogen (secondary N) is 1. The van der Waals surface area contributed by atoms with Gasteiger partial charge >= 0.3 is 0 Å². The van der Waals surface area contributed by atoms with Crippen molar-refractivity contribution in [2.24, 2.45) is 0 Å². The largest absolute Gasteiger partial charge is 0.337 e. The summed E-state index contributed by atoms with van der Waals surface area (Å²) in [5.41, 5.74) is 0.809. The van der Waals surface area contributed by atoms with Crippen molar-refractivity contribution in [3.8, 4) is 0 Å². The van der Waals surface area contributed by atoms with Gasteiger partial charge in [0.05, 0.1) is 11.7 Å². The molecule has 0 aliphatic rings. The number of aromatic nitrogens is 2. The van der Waals surface area contributed by atoms with Gasteiger partial charge in [-0.1, -0.05) is 39.1 Å². The molecule has 0 spiro atoms. The Kier molecular flexibility index (Phi) is 3.45. The Morgan fingerprint density at radius 3 is 2.60 bits per heavy atom. The molecule has 0 atom stereocenters. The highest BCUT2D eigenvalue weighted by Crippen LogP contribution is 2.27. The molecule has 7 heteroatoms. The maximum Gasteiger partial charge on any atom is 0.187 e. The van der Waals surface area contributed by atoms with Gasteiger partial charge in [-0.05, 0) is 18.2 Å². The third-order valence-electron chi connectivity index (χ3n) is 1.57. The minimum atomic E-state index is 0.357. The Morgan fingerprint density at radius 2 is 2.00 bits per heavy atom. The summed E-state index contributed by atoms with van der Waals surface area (Å²) < 4.78 is 8.73. The summed E-state index contributed by atoms with van der Waals surface area (Å²) >= 11 is 16.1. The predicted octanol–water partition coefficient (Wildman–Crippen LogP) is 4.35. The third kappa shape index (κ3) is 2.81. The molecule has 15 heavy (non-hydrogen) atoms. The summed E-state index contributed by atoms with van der Waals surface area (Å²) in [6.45, 7) is 0. The number of nitrogens with zero attached hydrogens (tertiary/aromatic N) is 2. The van der Waals surface area contributed by atoms with Crippen LogP contribution < -0.4 is 5.32 Å². The van der Waals surface area contributed by atoms with Crippen LogP contribution in [0.15, 0.2) is 22.7 Å². The molecule has 0 bridgehead atoms. The second kappa shape index (κ2) is 4.65. The van der Waals surface area contributed by atoms with Crippen LogP contribution in [0.2, 0.25) is 10.2 Å². The molecular weight excluding hydrogens is 321 g/mol. The minimum absolute atomic E-state index is 0.357. The van der Waals surface area contributed by atoms with Gasteiger partial charge in [-0.15, -0.1) is 0 Å². The van der Waals surface area contributed by atoms with E-state index in [4.69, 9.17) is 23.2 Å². The lowest BCUT2D eigenvalue weighted by atomic mass is 10.3. The lowest BCUT2D eigenvalue weighted by molar-refractivity contribution is 1.44. The number of hydrogen-bond acceptors (Lipinski definition) is 4. The van der Waals surface area contributed by atoms with Crippen LogP contribution in [0, 0.1) is 0 Å². The summed E-state index contributed by atoms with van der Waals surface area (Å²) in [5, 5.41) is 4.01. The fourth-order valence-corrected chi connectivity index (χ4v) is 2.52. The van der Waals surface area contributed by atoms with Crippen molar-refractivity contribution < 1.29 is 0 Å². The van der Waals surface area contributed by atoms with Crippen LogP contribution in [-0.2, 0) is 0 Å². The van der Waals surface area contributed by atoms with Crippen molar-refractivity contribution >= 4 is 62.4 Å². The molecule has 0 unspecified atom stereocenters. The molecule has 0 saturated heterocycles. The molecule has 0 amide bonds. The molecule has 2 rings (SSSR count). The monoisotopic (exact) mass is 323 g/mol. The SMILES string of the molecule is Clc1cc(Br)cc(Nc2nsnc2Cl)c1. The number of benzene rings is 1. The first-order valence-corrected chi connectivity index (χ1v) is 6.14. The van der Waals surface area contributed by atoms with E-state index in [1.54, 1.807) is 12.1 Å². The van der Waals surface area contributed by atoms with Gasteiger partial charge in [0.2, 0.25) is 0 Å². The van der Waals surface area contributed by atoms with Crippen LogP contribution in [-0.4, -0.2) is 8.75 Å². The number of rotatable bonds is 2. The first-order chi connectivity index (χ1) is 7.15. The van der Waals surface area contributed by atoms with Crippen molar-refractivity contribution in [2.45, 2.75) is 0 Å². The third-order valence-corrected chi connectivity index (χ3v) is 3.14. The molecule has 0 saturated carbocycles. The lowest BCUT2D eigenvalue weighted by Crippen LogP contribution is -1.90. The van der Waals surface area contributed by atoms with Gasteiger partial charge in [-0.3, -0.25) is 0 Å². The molecule has 3 nitrogen and oxygen atoms in total. The maximum atomic E-state index is 5.89. The summed E-state index contributed by atoms with van der Waals surface area (Å²) in [6, 6.07) is 5.46. The van der Waals surface area contributed by atoms with Gasteiger partial charge in [-0.25, -0.2) is 0 Å². The Hall–Kier alpha value is -0.360. The molecule has 0 aliphatic carbocycles. The van der Waals surface area contributed by atoms with Crippen molar-refractivity contribution in [1.29, 1.82) is 0 Å². The average Bonchev–Trinajstić information content (AvgIpc) is 2.50. The van der Waals surface area contributed by atoms with Crippen LogP contribution in [0.4, 0.5) is 11.5 Å². The normalized spacial score (nSPS) is 10.3. The standard InChI is InChI=1S/C8H4BrCl2N3S/c9-4-1-5(10)3-6(2-4)12-8-7(11)13-15-14-8/h1-3H,(H,12,14). The van der Waals surface area contributed by atoms with E-state index in [0.29, 0.717) is 16.0 Å². The Bertz CT molecular complexity index is 468. The fraction of sp³-hybridized carbons (Fsp3) is 0. The molecular formula is C8H4BrCl2N3S. The molecule has 1 N–H and O–H groups in total. The van der Waals surface area contributed by atoms with E-state index in [1.165, 1.54) is 0 Å². The molecule has 1 heterocycles. The number of hydrogen-bond donors (Lipinski definition) is 1. The highest BCUT2D eigenvalue weighted by atomic mass is 79.9. The smallest absolute Gasteiger partial charge is 0.187 e. The molecule has 1 aromatic carbocycles. The van der Waals surface area contributed by atoms with Crippen LogP contribution in [0.25, 0.3) is 0 Å². The summed E-state index contributed by atoms with van der Waals surface area (Å²) in [5.74, 6) is 0.538. The predicted molar refractivity (Wildman–Crippen MR) is 67.4 cm³/mol. The second-order valence-electron chi connectivity index (χ2n) is 2.69. The quantitative estimate of drug-likeness (QED) is 0.892. The van der Waals surface area contributed by atoms with Gasteiger partial charge < -0.3 is 5.32 Å². The van der Waals surface area contributed by atoms with Gasteiger partial charge in [-0.2, -0.15) is 8.75 Å². The van der Waals surface area contributed by atoms with Crippen LogP contribution in [0.3, 0.4) is 0 Å². The van der Waals surface area contributed by atoms with E-state index in [9.17, 15) is 0 Å². The second-order valence-corrected chi connectivity index (χ2v) is 4.93. The molecule has 1 aromatic heterocycles. The van der Waals surface area contributed by atoms with Gasteiger partial charge in [0.1, 0.15) is 0 Å². The Labute approximate surface area is 109 Å². The molecule has 0 aliphatic heterocycles. The maximum absolute atomic E-state index is 5.89. The Balaban J connectivity index is 2.28. The van der Waals surface area contributed by atoms with E-state index in [2.05, 4.69) is 30.0 Å². The summed E-state index contributed by atoms with van der Waals surface area (Å²) in [4.78, 5) is 0. The zero-order chi connectivity index (χ0) is 10.8. The van der Waals surface area contributed by atoms with Gasteiger partial charge in [0.25, 0.3) is 0 Å². The molecule has 0 radical (unpaired) electrons. The first-order valence-electron chi connectivity index (χ1n) is 3.86. The van der Waals surface area contributed by atoms with Crippen LogP contribution in [0.1, 0.15) is 0 Å². The van der Waals surface area contributed by atoms with Crippen LogP contribution >= 0.6 is 50.9 Å². The van der Waals surface area contributed by atoms with E-state index in [-0.39, 0.29) is 0 Å². The Morgan fingerprint density at radius 1 is 1.20 bits per heavy atom. The summed E-state index contributed by atoms with van der Waals surface area (Å²) in [7, 11) is 0. The van der Waals surface area contributed by atoms with Crippen molar-refractivity contribution in [2.75, 3.05) is 5.32 Å². The zero-order valence-electron chi connectivity index (χ0n) is 7.17. The van der Waals surface area contributed by atoms with Gasteiger partial charge in [0, 0.05) is 15.2 Å². The summed E-state index contributed by atoms with van der Waals surface area (Å²) in [6.07, 6.45) is 0.